The number of hydrazine groups is 1. The van der Waals surface area contributed by atoms with Gasteiger partial charge in [0, 0.05) is 11.6 Å². The van der Waals surface area contributed by atoms with Crippen LogP contribution in [0.25, 0.3) is 0 Å². The van der Waals surface area contributed by atoms with E-state index in [9.17, 15) is 19.7 Å². The van der Waals surface area contributed by atoms with Crippen molar-refractivity contribution in [3.63, 3.8) is 0 Å². The summed E-state index contributed by atoms with van der Waals surface area (Å²) in [6.07, 6.45) is -1.07. The molecule has 0 aliphatic heterocycles. The number of carbonyl (C=O) groups excluding carboxylic acids is 2. The third-order valence-corrected chi connectivity index (χ3v) is 3.73. The van der Waals surface area contributed by atoms with Crippen molar-refractivity contribution in [1.29, 1.82) is 0 Å². The smallest absolute Gasteiger partial charge is 0.310 e. The van der Waals surface area contributed by atoms with Crippen molar-refractivity contribution in [2.75, 3.05) is 6.61 Å². The molecule has 0 aliphatic carbocycles. The Kier molecular flexibility index (Phi) is 7.53. The van der Waals surface area contributed by atoms with Gasteiger partial charge in [0.2, 0.25) is 0 Å². The molecule has 2 aromatic rings. The normalized spacial score (nSPS) is 11.4. The molecule has 9 nitrogen and oxygen atoms in total. The monoisotopic (exact) mass is 401 g/mol. The quantitative estimate of drug-likeness (QED) is 0.518. The van der Waals surface area contributed by atoms with Gasteiger partial charge in [0.25, 0.3) is 11.8 Å². The molecule has 9 heteroatoms. The molecule has 0 heterocycles. The molecule has 1 atom stereocenters. The second kappa shape index (κ2) is 10.1. The number of amides is 2. The number of carbonyl (C=O) groups is 2. The molecular weight excluding hydrogens is 378 g/mol. The molecule has 2 aromatic carbocycles. The van der Waals surface area contributed by atoms with Gasteiger partial charge in [-0.25, -0.2) is 0 Å². The summed E-state index contributed by atoms with van der Waals surface area (Å²) < 4.78 is 10.9. The van der Waals surface area contributed by atoms with Crippen LogP contribution in [0.15, 0.2) is 48.5 Å². The van der Waals surface area contributed by atoms with E-state index >= 15 is 0 Å². The minimum absolute atomic E-state index is 0.0385. The van der Waals surface area contributed by atoms with Crippen molar-refractivity contribution < 1.29 is 24.0 Å². The number of para-hydroxylation sites is 2. The molecule has 0 saturated heterocycles. The number of rotatable bonds is 8. The summed E-state index contributed by atoms with van der Waals surface area (Å²) in [5, 5.41) is 11.0. The molecule has 2 N–H and O–H groups in total. The summed E-state index contributed by atoms with van der Waals surface area (Å²) in [4.78, 5) is 34.7. The van der Waals surface area contributed by atoms with E-state index in [2.05, 4.69) is 10.9 Å². The lowest BCUT2D eigenvalue weighted by Crippen LogP contribution is -2.47. The summed E-state index contributed by atoms with van der Waals surface area (Å²) in [5.74, 6) is -0.191. The molecule has 2 amide bonds. The fraction of sp³-hybridized carbons (Fsp3) is 0.300. The molecule has 0 radical (unpaired) electrons. The highest BCUT2D eigenvalue weighted by atomic mass is 16.6. The van der Waals surface area contributed by atoms with Crippen LogP contribution in [-0.2, 0) is 4.79 Å². The van der Waals surface area contributed by atoms with Crippen LogP contribution in [0.2, 0.25) is 0 Å². The number of benzene rings is 2. The van der Waals surface area contributed by atoms with E-state index in [4.69, 9.17) is 9.47 Å². The van der Waals surface area contributed by atoms with Crippen LogP contribution in [0.4, 0.5) is 5.69 Å². The lowest BCUT2D eigenvalue weighted by atomic mass is 10.2. The Hall–Kier alpha value is -3.62. The van der Waals surface area contributed by atoms with Gasteiger partial charge in [0.1, 0.15) is 5.75 Å². The molecule has 0 fully saturated rings. The van der Waals surface area contributed by atoms with Gasteiger partial charge in [-0.15, -0.1) is 0 Å². The largest absolute Gasteiger partial charge is 0.493 e. The first-order valence-corrected chi connectivity index (χ1v) is 9.01. The molecule has 154 valence electrons. The van der Waals surface area contributed by atoms with E-state index in [1.165, 1.54) is 25.1 Å². The van der Waals surface area contributed by atoms with E-state index in [1.54, 1.807) is 30.3 Å². The first-order valence-electron chi connectivity index (χ1n) is 9.01. The molecule has 1 unspecified atom stereocenters. The first-order chi connectivity index (χ1) is 13.8. The second-order valence-corrected chi connectivity index (χ2v) is 6.66. The highest BCUT2D eigenvalue weighted by molar-refractivity contribution is 5.95. The van der Waals surface area contributed by atoms with Crippen molar-refractivity contribution in [3.05, 3.63) is 64.2 Å². The van der Waals surface area contributed by atoms with Crippen LogP contribution in [0.3, 0.4) is 0 Å². The van der Waals surface area contributed by atoms with E-state index < -0.39 is 22.8 Å². The molecule has 0 bridgehead atoms. The third-order valence-electron chi connectivity index (χ3n) is 3.73. The average molecular weight is 401 g/mol. The zero-order chi connectivity index (χ0) is 21.4. The Bertz CT molecular complexity index is 867. The average Bonchev–Trinajstić information content (AvgIpc) is 2.70. The Balaban J connectivity index is 1.88. The summed E-state index contributed by atoms with van der Waals surface area (Å²) in [5.41, 5.74) is 4.59. The van der Waals surface area contributed by atoms with Crippen molar-refractivity contribution in [2.45, 2.75) is 26.9 Å². The maximum absolute atomic E-state index is 12.2. The topological polar surface area (TPSA) is 120 Å². The Morgan fingerprint density at radius 1 is 1.03 bits per heavy atom. The lowest BCUT2D eigenvalue weighted by Gasteiger charge is -2.15. The minimum atomic E-state index is -1.07. The number of hydrogen-bond acceptors (Lipinski definition) is 6. The van der Waals surface area contributed by atoms with Gasteiger partial charge in [0.05, 0.1) is 11.5 Å². The Labute approximate surface area is 168 Å². The first kappa shape index (κ1) is 21.7. The van der Waals surface area contributed by atoms with Crippen molar-refractivity contribution >= 4 is 17.5 Å². The summed E-state index contributed by atoms with van der Waals surface area (Å²) in [7, 11) is 0. The van der Waals surface area contributed by atoms with Gasteiger partial charge in [-0.1, -0.05) is 26.0 Å². The number of hydrogen-bond donors (Lipinski definition) is 2. The highest BCUT2D eigenvalue weighted by Crippen LogP contribution is 2.26. The zero-order valence-electron chi connectivity index (χ0n) is 16.4. The summed E-state index contributed by atoms with van der Waals surface area (Å²) in [6.45, 7) is 6.05. The predicted molar refractivity (Wildman–Crippen MR) is 106 cm³/mol. The van der Waals surface area contributed by atoms with Crippen molar-refractivity contribution in [1.82, 2.24) is 10.9 Å². The van der Waals surface area contributed by atoms with Gasteiger partial charge >= 0.3 is 5.69 Å². The molecule has 0 saturated carbocycles. The van der Waals surface area contributed by atoms with Crippen LogP contribution >= 0.6 is 0 Å². The van der Waals surface area contributed by atoms with Gasteiger partial charge in [-0.3, -0.25) is 30.6 Å². The standard InChI is InChI=1S/C20H23N3O6/c1-13(2)12-28-16-10-8-15(9-11-16)20(25)22-21-19(24)14(3)29-18-7-5-4-6-17(18)23(26)27/h4-11,13-14H,12H2,1-3H3,(H,21,24)(H,22,25). The van der Waals surface area contributed by atoms with Crippen molar-refractivity contribution in [2.24, 2.45) is 5.92 Å². The number of ether oxygens (including phenoxy) is 2. The number of nitro groups is 1. The summed E-state index contributed by atoms with van der Waals surface area (Å²) >= 11 is 0. The van der Waals surface area contributed by atoms with E-state index in [-0.39, 0.29) is 11.4 Å². The Morgan fingerprint density at radius 3 is 2.31 bits per heavy atom. The molecule has 0 aromatic heterocycles. The SMILES string of the molecule is CC(C)COc1ccc(C(=O)NNC(=O)C(C)Oc2ccccc2[N+](=O)[O-])cc1. The molecule has 2 rings (SSSR count). The van der Waals surface area contributed by atoms with Crippen LogP contribution in [0, 0.1) is 16.0 Å². The minimum Gasteiger partial charge on any atom is -0.493 e. The highest BCUT2D eigenvalue weighted by Gasteiger charge is 2.21. The fourth-order valence-corrected chi connectivity index (χ4v) is 2.21. The molecule has 0 aliphatic rings. The lowest BCUT2D eigenvalue weighted by molar-refractivity contribution is -0.386. The Morgan fingerprint density at radius 2 is 1.69 bits per heavy atom. The number of nitrogens with one attached hydrogen (secondary N) is 2. The van der Waals surface area contributed by atoms with Gasteiger partial charge in [-0.05, 0) is 43.2 Å². The number of nitrogens with zero attached hydrogens (tertiary/aromatic N) is 1. The fourth-order valence-electron chi connectivity index (χ4n) is 2.21. The molecule has 0 spiro atoms. The maximum Gasteiger partial charge on any atom is 0.310 e. The van der Waals surface area contributed by atoms with Gasteiger partial charge in [-0.2, -0.15) is 0 Å². The molecule has 29 heavy (non-hydrogen) atoms. The number of nitro benzene ring substituents is 1. The van der Waals surface area contributed by atoms with Crippen LogP contribution in [0.1, 0.15) is 31.1 Å². The van der Waals surface area contributed by atoms with E-state index in [0.717, 1.165) is 0 Å². The summed E-state index contributed by atoms with van der Waals surface area (Å²) in [6, 6.07) is 12.2. The zero-order valence-corrected chi connectivity index (χ0v) is 16.4. The van der Waals surface area contributed by atoms with Crippen LogP contribution in [-0.4, -0.2) is 29.4 Å². The van der Waals surface area contributed by atoms with Gasteiger partial charge < -0.3 is 9.47 Å². The third kappa shape index (κ3) is 6.49. The van der Waals surface area contributed by atoms with Crippen LogP contribution in [0.5, 0.6) is 11.5 Å². The predicted octanol–water partition coefficient (Wildman–Crippen LogP) is 2.86. The maximum atomic E-state index is 12.2. The van der Waals surface area contributed by atoms with Crippen molar-refractivity contribution in [3.8, 4) is 11.5 Å². The van der Waals surface area contributed by atoms with Crippen LogP contribution < -0.4 is 20.3 Å². The van der Waals surface area contributed by atoms with E-state index in [0.29, 0.717) is 23.8 Å². The van der Waals surface area contributed by atoms with E-state index in [1.807, 2.05) is 13.8 Å². The molecular formula is C20H23N3O6. The van der Waals surface area contributed by atoms with Gasteiger partial charge in [0.15, 0.2) is 11.9 Å². The second-order valence-electron chi connectivity index (χ2n) is 6.66.